The molecule has 0 spiro atoms. The lowest BCUT2D eigenvalue weighted by atomic mass is 10.2. The van der Waals surface area contributed by atoms with Crippen molar-refractivity contribution >= 4 is 27.3 Å². The van der Waals surface area contributed by atoms with Crippen LogP contribution in [-0.4, -0.2) is 49.7 Å². The van der Waals surface area contributed by atoms with E-state index in [9.17, 15) is 26.4 Å². The van der Waals surface area contributed by atoms with E-state index in [-0.39, 0.29) is 37.0 Å². The van der Waals surface area contributed by atoms with Crippen LogP contribution in [0, 0.1) is 6.92 Å². The van der Waals surface area contributed by atoms with Crippen LogP contribution in [0.5, 0.6) is 0 Å². The smallest absolute Gasteiger partial charge is 0.335 e. The third kappa shape index (κ3) is 4.17. The van der Waals surface area contributed by atoms with Gasteiger partial charge in [0.05, 0.1) is 15.3 Å². The Bertz CT molecular complexity index is 929. The molecule has 3 rings (SSSR count). The van der Waals surface area contributed by atoms with Crippen LogP contribution < -0.4 is 0 Å². The van der Waals surface area contributed by atoms with Crippen LogP contribution >= 0.6 is 11.3 Å². The minimum Gasteiger partial charge on any atom is -0.335 e. The van der Waals surface area contributed by atoms with Crippen molar-refractivity contribution in [3.05, 3.63) is 51.7 Å². The highest BCUT2D eigenvalue weighted by Gasteiger charge is 2.33. The minimum absolute atomic E-state index is 0.0967. The molecule has 1 aromatic heterocycles. The lowest BCUT2D eigenvalue weighted by Crippen LogP contribution is -2.50. The molecule has 1 amide bonds. The summed E-state index contributed by atoms with van der Waals surface area (Å²) in [5.74, 6) is -0.139. The van der Waals surface area contributed by atoms with E-state index in [1.54, 1.807) is 11.0 Å². The van der Waals surface area contributed by atoms with Crippen molar-refractivity contribution < 1.29 is 26.4 Å². The normalized spacial score (nSPS) is 16.5. The van der Waals surface area contributed by atoms with Gasteiger partial charge in [0.25, 0.3) is 5.91 Å². The number of nitrogens with zero attached hydrogens (tertiary/aromatic N) is 2. The van der Waals surface area contributed by atoms with E-state index in [0.29, 0.717) is 4.88 Å². The maximum atomic E-state index is 12.6. The van der Waals surface area contributed by atoms with Crippen molar-refractivity contribution in [2.45, 2.75) is 18.0 Å². The molecule has 27 heavy (non-hydrogen) atoms. The maximum absolute atomic E-state index is 12.6. The molecular weight excluding hydrogens is 401 g/mol. The van der Waals surface area contributed by atoms with Crippen LogP contribution in [0.2, 0.25) is 0 Å². The number of hydrogen-bond donors (Lipinski definition) is 0. The van der Waals surface area contributed by atoms with E-state index in [0.717, 1.165) is 29.1 Å². The molecule has 5 nitrogen and oxygen atoms in total. The van der Waals surface area contributed by atoms with Gasteiger partial charge >= 0.3 is 6.18 Å². The molecule has 1 aliphatic heterocycles. The summed E-state index contributed by atoms with van der Waals surface area (Å²) in [6.07, 6.45) is -4.52. The quantitative estimate of drug-likeness (QED) is 0.769. The summed E-state index contributed by atoms with van der Waals surface area (Å²) in [6, 6.07) is 7.03. The average molecular weight is 418 g/mol. The van der Waals surface area contributed by atoms with Gasteiger partial charge in [0.15, 0.2) is 0 Å². The molecule has 0 radical (unpaired) electrons. The first-order valence-corrected chi connectivity index (χ1v) is 10.4. The van der Waals surface area contributed by atoms with Gasteiger partial charge in [-0.1, -0.05) is 0 Å². The van der Waals surface area contributed by atoms with E-state index >= 15 is 0 Å². The van der Waals surface area contributed by atoms with E-state index < -0.39 is 21.8 Å². The molecule has 0 atom stereocenters. The zero-order chi connectivity index (χ0) is 19.8. The Kier molecular flexibility index (Phi) is 5.33. The summed E-state index contributed by atoms with van der Waals surface area (Å²) in [5.41, 5.74) is -0.900. The first kappa shape index (κ1) is 19.8. The van der Waals surface area contributed by atoms with Gasteiger partial charge < -0.3 is 4.90 Å². The average Bonchev–Trinajstić information content (AvgIpc) is 3.07. The molecule has 0 N–H and O–H groups in total. The van der Waals surface area contributed by atoms with Crippen LogP contribution in [-0.2, 0) is 16.2 Å². The molecule has 1 fully saturated rings. The van der Waals surface area contributed by atoms with Crippen LogP contribution in [0.4, 0.5) is 13.2 Å². The first-order valence-electron chi connectivity index (χ1n) is 8.12. The van der Waals surface area contributed by atoms with E-state index in [4.69, 9.17) is 0 Å². The molecule has 0 aliphatic carbocycles. The Hall–Kier alpha value is -1.91. The third-order valence-corrected chi connectivity index (χ3v) is 7.20. The van der Waals surface area contributed by atoms with E-state index in [1.165, 1.54) is 15.6 Å². The van der Waals surface area contributed by atoms with Gasteiger partial charge in [0.2, 0.25) is 10.0 Å². The number of alkyl halides is 3. The van der Waals surface area contributed by atoms with E-state index in [2.05, 4.69) is 0 Å². The Morgan fingerprint density at radius 3 is 2.07 bits per heavy atom. The molecule has 1 aliphatic rings. The third-order valence-electron chi connectivity index (χ3n) is 4.30. The number of hydrogen-bond acceptors (Lipinski definition) is 4. The minimum atomic E-state index is -4.52. The van der Waals surface area contributed by atoms with Crippen LogP contribution in [0.15, 0.2) is 41.3 Å². The molecule has 1 aromatic carbocycles. The predicted octanol–water partition coefficient (Wildman–Crippen LogP) is 3.22. The van der Waals surface area contributed by atoms with Crippen LogP contribution in [0.25, 0.3) is 0 Å². The number of rotatable bonds is 3. The number of aryl methyl sites for hydroxylation is 1. The second-order valence-corrected chi connectivity index (χ2v) is 9.35. The van der Waals surface area contributed by atoms with Crippen molar-refractivity contribution in [1.29, 1.82) is 0 Å². The summed E-state index contributed by atoms with van der Waals surface area (Å²) in [6.45, 7) is 2.56. The molecule has 0 saturated carbocycles. The van der Waals surface area contributed by atoms with Crippen molar-refractivity contribution in [2.24, 2.45) is 0 Å². The first-order chi connectivity index (χ1) is 12.6. The van der Waals surface area contributed by atoms with Crippen molar-refractivity contribution in [3.63, 3.8) is 0 Å². The zero-order valence-electron chi connectivity index (χ0n) is 14.4. The second kappa shape index (κ2) is 7.25. The fourth-order valence-electron chi connectivity index (χ4n) is 2.80. The summed E-state index contributed by atoms with van der Waals surface area (Å²) in [5, 5.41) is 0. The summed E-state index contributed by atoms with van der Waals surface area (Å²) in [4.78, 5) is 15.4. The lowest BCUT2D eigenvalue weighted by Gasteiger charge is -2.33. The van der Waals surface area contributed by atoms with Gasteiger partial charge in [-0.2, -0.15) is 17.5 Å². The molecule has 0 bridgehead atoms. The maximum Gasteiger partial charge on any atom is 0.416 e. The highest BCUT2D eigenvalue weighted by atomic mass is 32.2. The number of carbonyl (C=O) groups excluding carboxylic acids is 1. The number of amides is 1. The highest BCUT2D eigenvalue weighted by molar-refractivity contribution is 7.89. The summed E-state index contributed by atoms with van der Waals surface area (Å²) < 4.78 is 64.4. The Morgan fingerprint density at radius 2 is 1.59 bits per heavy atom. The summed E-state index contributed by atoms with van der Waals surface area (Å²) >= 11 is 1.38. The number of sulfonamides is 1. The number of carbonyl (C=O) groups is 1. The van der Waals surface area contributed by atoms with Gasteiger partial charge in [-0.3, -0.25) is 4.79 Å². The van der Waals surface area contributed by atoms with Gasteiger partial charge in [-0.05, 0) is 43.3 Å². The molecule has 146 valence electrons. The number of benzene rings is 1. The molecule has 1 saturated heterocycles. The predicted molar refractivity (Wildman–Crippen MR) is 95.2 cm³/mol. The monoisotopic (exact) mass is 418 g/mol. The Balaban J connectivity index is 1.68. The van der Waals surface area contributed by atoms with Gasteiger partial charge in [-0.15, -0.1) is 11.3 Å². The standard InChI is InChI=1S/C17H17F3N2O3S2/c1-12-2-7-15(26-12)16(23)21-8-10-22(11-9-21)27(24,25)14-5-3-13(4-6-14)17(18,19)20/h2-7H,8-11H2,1H3. The highest BCUT2D eigenvalue weighted by Crippen LogP contribution is 2.30. The molecule has 2 aromatic rings. The SMILES string of the molecule is Cc1ccc(C(=O)N2CCN(S(=O)(=O)c3ccc(C(F)(F)F)cc3)CC2)s1. The number of halogens is 3. The number of piperazine rings is 1. The summed E-state index contributed by atoms with van der Waals surface area (Å²) in [7, 11) is -3.90. The fraction of sp³-hybridized carbons (Fsp3) is 0.353. The molecule has 0 unspecified atom stereocenters. The molecule has 2 heterocycles. The van der Waals surface area contributed by atoms with Gasteiger partial charge in [-0.25, -0.2) is 8.42 Å². The zero-order valence-corrected chi connectivity index (χ0v) is 16.0. The Labute approximate surface area is 159 Å². The van der Waals surface area contributed by atoms with Crippen molar-refractivity contribution in [2.75, 3.05) is 26.2 Å². The van der Waals surface area contributed by atoms with E-state index in [1.807, 2.05) is 13.0 Å². The fourth-order valence-corrected chi connectivity index (χ4v) is 5.06. The Morgan fingerprint density at radius 1 is 1.00 bits per heavy atom. The molecule has 10 heteroatoms. The molecular formula is C17H17F3N2O3S2. The number of thiophene rings is 1. The van der Waals surface area contributed by atoms with Gasteiger partial charge in [0.1, 0.15) is 0 Å². The largest absolute Gasteiger partial charge is 0.416 e. The second-order valence-electron chi connectivity index (χ2n) is 6.13. The van der Waals surface area contributed by atoms with Crippen molar-refractivity contribution in [1.82, 2.24) is 9.21 Å². The topological polar surface area (TPSA) is 57.7 Å². The van der Waals surface area contributed by atoms with Crippen LogP contribution in [0.3, 0.4) is 0 Å². The van der Waals surface area contributed by atoms with Gasteiger partial charge in [0, 0.05) is 31.1 Å². The van der Waals surface area contributed by atoms with Crippen LogP contribution in [0.1, 0.15) is 20.1 Å². The van der Waals surface area contributed by atoms with Crippen molar-refractivity contribution in [3.8, 4) is 0 Å². The lowest BCUT2D eigenvalue weighted by molar-refractivity contribution is -0.137.